The number of rotatable bonds is 5. The second kappa shape index (κ2) is 6.70. The van der Waals surface area contributed by atoms with Crippen molar-refractivity contribution in [1.29, 1.82) is 0 Å². The smallest absolute Gasteiger partial charge is 0.276 e. The summed E-state index contributed by atoms with van der Waals surface area (Å²) >= 11 is 0. The zero-order chi connectivity index (χ0) is 17.1. The molecule has 0 aliphatic heterocycles. The van der Waals surface area contributed by atoms with Gasteiger partial charge in [0.05, 0.1) is 5.69 Å². The first-order valence-electron chi connectivity index (χ1n) is 7.86. The van der Waals surface area contributed by atoms with E-state index in [4.69, 9.17) is 4.52 Å². The van der Waals surface area contributed by atoms with Crippen molar-refractivity contribution >= 4 is 5.91 Å². The van der Waals surface area contributed by atoms with E-state index in [-0.39, 0.29) is 11.8 Å². The van der Waals surface area contributed by atoms with Crippen molar-refractivity contribution in [3.8, 4) is 5.69 Å². The first-order valence-corrected chi connectivity index (χ1v) is 7.86. The van der Waals surface area contributed by atoms with Gasteiger partial charge in [-0.1, -0.05) is 37.2 Å². The van der Waals surface area contributed by atoms with Crippen LogP contribution >= 0.6 is 0 Å². The quantitative estimate of drug-likeness (QED) is 0.722. The number of aromatic nitrogens is 3. The van der Waals surface area contributed by atoms with Gasteiger partial charge in [-0.05, 0) is 17.7 Å². The second-order valence-electron chi connectivity index (χ2n) is 6.01. The molecule has 3 rings (SSSR count). The Balaban J connectivity index is 1.79. The fourth-order valence-corrected chi connectivity index (χ4v) is 2.46. The maximum absolute atomic E-state index is 12.6. The lowest BCUT2D eigenvalue weighted by Crippen LogP contribution is -2.27. The lowest BCUT2D eigenvalue weighted by molar-refractivity contribution is 0.0774. The van der Waals surface area contributed by atoms with E-state index in [1.54, 1.807) is 28.9 Å². The van der Waals surface area contributed by atoms with Crippen molar-refractivity contribution in [3.63, 3.8) is 0 Å². The molecule has 0 fully saturated rings. The fraction of sp³-hybridized carbons (Fsp3) is 0.278. The summed E-state index contributed by atoms with van der Waals surface area (Å²) in [4.78, 5) is 14.2. The monoisotopic (exact) mass is 324 g/mol. The molecule has 6 heteroatoms. The predicted octanol–water partition coefficient (Wildman–Crippen LogP) is 3.26. The number of hydrogen-bond donors (Lipinski definition) is 0. The molecule has 0 spiro atoms. The molecule has 0 aliphatic carbocycles. The Hall–Kier alpha value is -2.89. The molecule has 0 aliphatic rings. The third kappa shape index (κ3) is 3.22. The highest BCUT2D eigenvalue weighted by molar-refractivity contribution is 5.92. The standard InChI is InChI=1S/C18H20N4O2/c1-13(2)17-11-15(20-24-17)18(23)21(3)12-14-7-4-5-8-16(14)22-10-6-9-19-22/h4-11,13H,12H2,1-3H3. The van der Waals surface area contributed by atoms with Crippen LogP contribution in [-0.4, -0.2) is 32.8 Å². The lowest BCUT2D eigenvalue weighted by atomic mass is 10.1. The third-order valence-corrected chi connectivity index (χ3v) is 3.81. The van der Waals surface area contributed by atoms with Gasteiger partial charge >= 0.3 is 0 Å². The number of benzene rings is 1. The average molecular weight is 324 g/mol. The van der Waals surface area contributed by atoms with E-state index >= 15 is 0 Å². The zero-order valence-electron chi connectivity index (χ0n) is 14.0. The molecule has 2 aromatic heterocycles. The number of para-hydroxylation sites is 1. The summed E-state index contributed by atoms with van der Waals surface area (Å²) in [5.74, 6) is 0.745. The highest BCUT2D eigenvalue weighted by Crippen LogP contribution is 2.18. The molecule has 1 aromatic carbocycles. The summed E-state index contributed by atoms with van der Waals surface area (Å²) in [6.07, 6.45) is 3.61. The zero-order valence-corrected chi connectivity index (χ0v) is 14.0. The van der Waals surface area contributed by atoms with Crippen LogP contribution in [0.15, 0.2) is 53.3 Å². The van der Waals surface area contributed by atoms with E-state index < -0.39 is 0 Å². The molecule has 0 bridgehead atoms. The van der Waals surface area contributed by atoms with Crippen LogP contribution in [0.25, 0.3) is 5.69 Å². The molecule has 3 aromatic rings. The van der Waals surface area contributed by atoms with E-state index in [0.29, 0.717) is 18.0 Å². The van der Waals surface area contributed by atoms with Crippen LogP contribution in [0.4, 0.5) is 0 Å². The van der Waals surface area contributed by atoms with Crippen LogP contribution in [0.5, 0.6) is 0 Å². The molecule has 0 saturated carbocycles. The topological polar surface area (TPSA) is 64.2 Å². The molecule has 124 valence electrons. The first-order chi connectivity index (χ1) is 11.6. The SMILES string of the molecule is CC(C)c1cc(C(=O)N(C)Cc2ccccc2-n2cccn2)no1. The Labute approximate surface area is 140 Å². The predicted molar refractivity (Wildman–Crippen MR) is 90.0 cm³/mol. The van der Waals surface area contributed by atoms with Crippen LogP contribution in [0.2, 0.25) is 0 Å². The van der Waals surface area contributed by atoms with Gasteiger partial charge in [-0.2, -0.15) is 5.10 Å². The van der Waals surface area contributed by atoms with Gasteiger partial charge in [-0.25, -0.2) is 4.68 Å². The minimum Gasteiger partial charge on any atom is -0.360 e. The molecule has 2 heterocycles. The van der Waals surface area contributed by atoms with Crippen LogP contribution in [0.3, 0.4) is 0 Å². The molecular weight excluding hydrogens is 304 g/mol. The van der Waals surface area contributed by atoms with Crippen LogP contribution in [-0.2, 0) is 6.54 Å². The fourth-order valence-electron chi connectivity index (χ4n) is 2.46. The maximum Gasteiger partial charge on any atom is 0.276 e. The van der Waals surface area contributed by atoms with Crippen molar-refractivity contribution < 1.29 is 9.32 Å². The molecule has 0 N–H and O–H groups in total. The molecule has 24 heavy (non-hydrogen) atoms. The Morgan fingerprint density at radius 1 is 1.29 bits per heavy atom. The van der Waals surface area contributed by atoms with E-state index in [0.717, 1.165) is 11.3 Å². The Bertz CT molecular complexity index is 821. The van der Waals surface area contributed by atoms with E-state index in [1.807, 2.05) is 50.4 Å². The van der Waals surface area contributed by atoms with Crippen molar-refractivity contribution in [1.82, 2.24) is 19.8 Å². The van der Waals surface area contributed by atoms with Gasteiger partial charge < -0.3 is 9.42 Å². The maximum atomic E-state index is 12.6. The molecular formula is C18H20N4O2. The molecule has 6 nitrogen and oxygen atoms in total. The summed E-state index contributed by atoms with van der Waals surface area (Å²) in [5, 5.41) is 8.15. The van der Waals surface area contributed by atoms with E-state index in [1.165, 1.54) is 0 Å². The Morgan fingerprint density at radius 2 is 2.08 bits per heavy atom. The van der Waals surface area contributed by atoms with E-state index in [9.17, 15) is 4.79 Å². The van der Waals surface area contributed by atoms with Gasteiger partial charge in [-0.3, -0.25) is 4.79 Å². The first kappa shape index (κ1) is 16.0. The molecule has 0 saturated heterocycles. The number of hydrogen-bond acceptors (Lipinski definition) is 4. The lowest BCUT2D eigenvalue weighted by Gasteiger charge is -2.18. The third-order valence-electron chi connectivity index (χ3n) is 3.81. The summed E-state index contributed by atoms with van der Waals surface area (Å²) in [6.45, 7) is 4.45. The van der Waals surface area contributed by atoms with Gasteiger partial charge in [0.25, 0.3) is 5.91 Å². The Morgan fingerprint density at radius 3 is 2.75 bits per heavy atom. The van der Waals surface area contributed by atoms with Gasteiger partial charge in [0.2, 0.25) is 0 Å². The highest BCUT2D eigenvalue weighted by Gasteiger charge is 2.19. The van der Waals surface area contributed by atoms with Gasteiger partial charge in [-0.15, -0.1) is 0 Å². The summed E-state index contributed by atoms with van der Waals surface area (Å²) in [6, 6.07) is 11.5. The Kier molecular flexibility index (Phi) is 4.46. The van der Waals surface area contributed by atoms with Gasteiger partial charge in [0.1, 0.15) is 5.76 Å². The van der Waals surface area contributed by atoms with Gasteiger partial charge in [0, 0.05) is 38.0 Å². The normalized spacial score (nSPS) is 11.0. The highest BCUT2D eigenvalue weighted by atomic mass is 16.5. The minimum atomic E-state index is -0.166. The number of carbonyl (C=O) groups is 1. The molecule has 0 atom stereocenters. The summed E-state index contributed by atoms with van der Waals surface area (Å²) in [5.41, 5.74) is 2.28. The summed E-state index contributed by atoms with van der Waals surface area (Å²) in [7, 11) is 1.76. The number of nitrogens with zero attached hydrogens (tertiary/aromatic N) is 4. The number of amides is 1. The number of carbonyl (C=O) groups excluding carboxylic acids is 1. The van der Waals surface area contributed by atoms with Crippen molar-refractivity contribution in [2.45, 2.75) is 26.3 Å². The van der Waals surface area contributed by atoms with E-state index in [2.05, 4.69) is 10.3 Å². The molecule has 1 amide bonds. The molecule has 0 unspecified atom stereocenters. The van der Waals surface area contributed by atoms with Gasteiger partial charge in [0.15, 0.2) is 5.69 Å². The molecule has 0 radical (unpaired) electrons. The van der Waals surface area contributed by atoms with Crippen LogP contribution in [0, 0.1) is 0 Å². The second-order valence-corrected chi connectivity index (χ2v) is 6.01. The van der Waals surface area contributed by atoms with Crippen molar-refractivity contribution in [2.24, 2.45) is 0 Å². The van der Waals surface area contributed by atoms with Crippen LogP contribution in [0.1, 0.15) is 41.6 Å². The van der Waals surface area contributed by atoms with Crippen LogP contribution < -0.4 is 0 Å². The van der Waals surface area contributed by atoms with Crippen molar-refractivity contribution in [2.75, 3.05) is 7.05 Å². The minimum absolute atomic E-state index is 0.166. The average Bonchev–Trinajstić information content (AvgIpc) is 3.26. The largest absolute Gasteiger partial charge is 0.360 e. The van der Waals surface area contributed by atoms with Crippen molar-refractivity contribution in [3.05, 3.63) is 65.8 Å². The summed E-state index contributed by atoms with van der Waals surface area (Å²) < 4.78 is 7.01.